The van der Waals surface area contributed by atoms with Crippen LogP contribution in [0.1, 0.15) is 19.3 Å². The van der Waals surface area contributed by atoms with E-state index in [1.165, 1.54) is 7.11 Å². The van der Waals surface area contributed by atoms with Gasteiger partial charge in [0.2, 0.25) is 0 Å². The number of methoxy groups -OCH3 is 1. The number of allylic oxidation sites excluding steroid dienone is 1. The lowest BCUT2D eigenvalue weighted by Crippen LogP contribution is -2.11. The van der Waals surface area contributed by atoms with Crippen LogP contribution in [-0.2, 0) is 14.3 Å². The van der Waals surface area contributed by atoms with Crippen LogP contribution < -0.4 is 0 Å². The van der Waals surface area contributed by atoms with E-state index in [9.17, 15) is 9.59 Å². The van der Waals surface area contributed by atoms with E-state index in [2.05, 4.69) is 17.9 Å². The van der Waals surface area contributed by atoms with Crippen LogP contribution in [-0.4, -0.2) is 18.9 Å². The van der Waals surface area contributed by atoms with Gasteiger partial charge < -0.3 is 4.74 Å². The third kappa shape index (κ3) is 3.69. The Morgan fingerprint density at radius 1 is 1.46 bits per heavy atom. The maximum Gasteiger partial charge on any atom is 0.333 e. The van der Waals surface area contributed by atoms with Gasteiger partial charge in [-0.1, -0.05) is 6.08 Å². The number of hydrogen-bond donors (Lipinski definition) is 0. The van der Waals surface area contributed by atoms with Gasteiger partial charge in [-0.3, -0.25) is 4.79 Å². The summed E-state index contributed by atoms with van der Waals surface area (Å²) in [6.45, 7) is 6.00. The standard InChI is InChI=1S/C8H10O3.C2H4/c1-11-8(10)6-2-4-7(9)5-3-6;1-2/h2H,3-5H2,1H3;1-2H2. The summed E-state index contributed by atoms with van der Waals surface area (Å²) in [7, 11) is 1.35. The monoisotopic (exact) mass is 182 g/mol. The van der Waals surface area contributed by atoms with Gasteiger partial charge in [-0.2, -0.15) is 0 Å². The molecule has 0 unspecified atom stereocenters. The lowest BCUT2D eigenvalue weighted by atomic mass is 9.99. The second kappa shape index (κ2) is 6.17. The smallest absolute Gasteiger partial charge is 0.333 e. The molecule has 0 saturated carbocycles. The molecule has 0 radical (unpaired) electrons. The molecule has 0 aromatic heterocycles. The molecule has 0 saturated heterocycles. The molecule has 0 bridgehead atoms. The Bertz CT molecular complexity index is 228. The first-order valence-electron chi connectivity index (χ1n) is 4.03. The van der Waals surface area contributed by atoms with Crippen molar-refractivity contribution in [1.82, 2.24) is 0 Å². The van der Waals surface area contributed by atoms with Crippen LogP contribution in [0.25, 0.3) is 0 Å². The van der Waals surface area contributed by atoms with Crippen LogP contribution in [0.4, 0.5) is 0 Å². The van der Waals surface area contributed by atoms with Crippen LogP contribution in [0.15, 0.2) is 24.8 Å². The highest BCUT2D eigenvalue weighted by Crippen LogP contribution is 2.15. The minimum Gasteiger partial charge on any atom is -0.466 e. The molecule has 13 heavy (non-hydrogen) atoms. The molecule has 0 spiro atoms. The van der Waals surface area contributed by atoms with E-state index in [1.807, 2.05) is 0 Å². The molecule has 3 nitrogen and oxygen atoms in total. The molecular formula is C10H14O3. The van der Waals surface area contributed by atoms with Crippen LogP contribution in [0, 0.1) is 0 Å². The Balaban J connectivity index is 0.000000671. The topological polar surface area (TPSA) is 43.4 Å². The largest absolute Gasteiger partial charge is 0.466 e. The fourth-order valence-electron chi connectivity index (χ4n) is 1.03. The molecule has 0 aromatic carbocycles. The average Bonchev–Trinajstić information content (AvgIpc) is 2.21. The number of Topliss-reactive ketones (excluding diaryl/α,β-unsaturated/α-hetero) is 1. The molecule has 0 fully saturated rings. The van der Waals surface area contributed by atoms with Crippen molar-refractivity contribution in [2.24, 2.45) is 0 Å². The van der Waals surface area contributed by atoms with Crippen molar-refractivity contribution in [3.63, 3.8) is 0 Å². The molecule has 0 aliphatic heterocycles. The molecule has 0 aromatic rings. The van der Waals surface area contributed by atoms with Crippen molar-refractivity contribution in [3.8, 4) is 0 Å². The zero-order valence-corrected chi connectivity index (χ0v) is 7.84. The second-order valence-corrected chi connectivity index (χ2v) is 2.46. The summed E-state index contributed by atoms with van der Waals surface area (Å²) < 4.78 is 4.51. The lowest BCUT2D eigenvalue weighted by Gasteiger charge is -2.08. The summed E-state index contributed by atoms with van der Waals surface area (Å²) in [5, 5.41) is 0. The molecule has 0 N–H and O–H groups in total. The first kappa shape index (κ1) is 11.6. The Morgan fingerprint density at radius 3 is 2.46 bits per heavy atom. The van der Waals surface area contributed by atoms with Crippen molar-refractivity contribution in [2.45, 2.75) is 19.3 Å². The van der Waals surface area contributed by atoms with Gasteiger partial charge in [0, 0.05) is 18.4 Å². The predicted molar refractivity (Wildman–Crippen MR) is 50.2 cm³/mol. The Labute approximate surface area is 78.1 Å². The van der Waals surface area contributed by atoms with Gasteiger partial charge in [-0.05, 0) is 6.42 Å². The average molecular weight is 182 g/mol. The summed E-state index contributed by atoms with van der Waals surface area (Å²) in [6.07, 6.45) is 3.04. The Kier molecular flexibility index (Phi) is 5.52. The maximum atomic E-state index is 10.9. The van der Waals surface area contributed by atoms with Crippen molar-refractivity contribution >= 4 is 11.8 Å². The van der Waals surface area contributed by atoms with E-state index >= 15 is 0 Å². The van der Waals surface area contributed by atoms with E-state index in [0.29, 0.717) is 24.8 Å². The van der Waals surface area contributed by atoms with Gasteiger partial charge in [0.05, 0.1) is 7.11 Å². The van der Waals surface area contributed by atoms with Crippen molar-refractivity contribution in [1.29, 1.82) is 0 Å². The fourth-order valence-corrected chi connectivity index (χ4v) is 1.03. The minimum absolute atomic E-state index is 0.192. The summed E-state index contributed by atoms with van der Waals surface area (Å²) in [5.74, 6) is -0.116. The third-order valence-electron chi connectivity index (χ3n) is 1.70. The lowest BCUT2D eigenvalue weighted by molar-refractivity contribution is -0.136. The van der Waals surface area contributed by atoms with E-state index < -0.39 is 0 Å². The number of esters is 1. The van der Waals surface area contributed by atoms with E-state index in [-0.39, 0.29) is 11.8 Å². The highest BCUT2D eigenvalue weighted by Gasteiger charge is 2.15. The summed E-state index contributed by atoms with van der Waals surface area (Å²) in [4.78, 5) is 21.6. The first-order valence-corrected chi connectivity index (χ1v) is 4.03. The molecule has 1 aliphatic rings. The number of hydrogen-bond acceptors (Lipinski definition) is 3. The van der Waals surface area contributed by atoms with Gasteiger partial charge in [-0.25, -0.2) is 4.79 Å². The first-order chi connectivity index (χ1) is 6.24. The van der Waals surface area contributed by atoms with E-state index in [0.717, 1.165) is 0 Å². The van der Waals surface area contributed by atoms with Crippen LogP contribution in [0.5, 0.6) is 0 Å². The zero-order valence-electron chi connectivity index (χ0n) is 7.84. The van der Waals surface area contributed by atoms with Gasteiger partial charge in [-0.15, -0.1) is 13.2 Å². The molecule has 3 heteroatoms. The number of carbonyl (C=O) groups is 2. The third-order valence-corrected chi connectivity index (χ3v) is 1.70. The molecule has 0 amide bonds. The van der Waals surface area contributed by atoms with Gasteiger partial charge in [0.15, 0.2) is 0 Å². The van der Waals surface area contributed by atoms with E-state index in [1.54, 1.807) is 6.08 Å². The number of carbonyl (C=O) groups excluding carboxylic acids is 2. The molecule has 72 valence electrons. The quantitative estimate of drug-likeness (QED) is 0.457. The predicted octanol–water partition coefficient (Wildman–Crippen LogP) is 1.64. The normalized spacial score (nSPS) is 15.2. The van der Waals surface area contributed by atoms with Gasteiger partial charge >= 0.3 is 5.97 Å². The van der Waals surface area contributed by atoms with Gasteiger partial charge in [0.1, 0.15) is 5.78 Å². The van der Waals surface area contributed by atoms with Crippen molar-refractivity contribution < 1.29 is 14.3 Å². The molecule has 1 aliphatic carbocycles. The Hall–Kier alpha value is -1.38. The molecule has 1 rings (SSSR count). The minimum atomic E-state index is -0.308. The molecule has 0 atom stereocenters. The van der Waals surface area contributed by atoms with Crippen LogP contribution in [0.3, 0.4) is 0 Å². The highest BCUT2D eigenvalue weighted by molar-refractivity contribution is 5.93. The number of ether oxygens (including phenoxy) is 1. The van der Waals surface area contributed by atoms with Crippen molar-refractivity contribution in [2.75, 3.05) is 7.11 Å². The van der Waals surface area contributed by atoms with Gasteiger partial charge in [0.25, 0.3) is 0 Å². The zero-order chi connectivity index (χ0) is 10.3. The SMILES string of the molecule is C=C.COC(=O)C1=CCC(=O)CC1. The van der Waals surface area contributed by atoms with Crippen LogP contribution >= 0.6 is 0 Å². The summed E-state index contributed by atoms with van der Waals surface area (Å²) in [6, 6.07) is 0. The Morgan fingerprint density at radius 2 is 2.08 bits per heavy atom. The number of ketones is 1. The van der Waals surface area contributed by atoms with Crippen molar-refractivity contribution in [3.05, 3.63) is 24.8 Å². The van der Waals surface area contributed by atoms with E-state index in [4.69, 9.17) is 0 Å². The molecular weight excluding hydrogens is 168 g/mol. The summed E-state index contributed by atoms with van der Waals surface area (Å²) >= 11 is 0. The second-order valence-electron chi connectivity index (χ2n) is 2.46. The molecule has 0 heterocycles. The highest BCUT2D eigenvalue weighted by atomic mass is 16.5. The number of rotatable bonds is 1. The van der Waals surface area contributed by atoms with Crippen LogP contribution in [0.2, 0.25) is 0 Å². The summed E-state index contributed by atoms with van der Waals surface area (Å²) in [5.41, 5.74) is 0.632. The maximum absolute atomic E-state index is 10.9. The fraction of sp³-hybridized carbons (Fsp3) is 0.400.